The smallest absolute Gasteiger partial charge is 0.306 e. The first kappa shape index (κ1) is 65.5. The highest BCUT2D eigenvalue weighted by Crippen LogP contribution is 2.38. The van der Waals surface area contributed by atoms with Gasteiger partial charge in [-0.1, -0.05) is 216 Å². The summed E-state index contributed by atoms with van der Waals surface area (Å²) in [5.74, 6) is -0.572. The molecule has 3 atom stereocenters. The van der Waals surface area contributed by atoms with E-state index in [4.69, 9.17) is 13.8 Å². The molecule has 0 aromatic heterocycles. The Morgan fingerprint density at radius 2 is 0.941 bits per heavy atom. The fourth-order valence-electron chi connectivity index (χ4n) is 7.63. The van der Waals surface area contributed by atoms with E-state index in [-0.39, 0.29) is 24.9 Å². The molecule has 10 heteroatoms. The number of hydrogen-bond acceptors (Lipinski definition) is 7. The second-order valence-corrected chi connectivity index (χ2v) is 21.2. The number of nitrogens with zero attached hydrogens (tertiary/aromatic N) is 1. The van der Waals surface area contributed by atoms with Gasteiger partial charge in [-0.15, -0.1) is 0 Å². The molecule has 0 aliphatic carbocycles. The summed E-state index contributed by atoms with van der Waals surface area (Å²) in [6.45, 7) is 6.65. The SMILES string of the molecule is CC/C=C/C=C/C=C/CCCCCCCCCC(=O)NC(COP(=O)([O-])OCC[N+](C)(C)C)C(/C=C/CCCCCCCCCCCC)OC(=O)CCCCCCCC/C=C/C=C/CCCCC. The number of phosphoric ester groups is 1. The lowest BCUT2D eigenvalue weighted by Crippen LogP contribution is -2.47. The Morgan fingerprint density at radius 3 is 1.44 bits per heavy atom. The first-order valence-corrected chi connectivity index (χ1v) is 29.3. The molecule has 0 saturated heterocycles. The van der Waals surface area contributed by atoms with Gasteiger partial charge in [-0.2, -0.15) is 0 Å². The largest absolute Gasteiger partial charge is 0.756 e. The molecule has 1 amide bonds. The molecule has 0 aromatic carbocycles. The summed E-state index contributed by atoms with van der Waals surface area (Å²) in [5.41, 5.74) is 0. The standard InChI is InChI=1S/C58H105N2O7P/c1-7-10-13-16-19-22-25-28-30-32-35-38-41-44-47-50-57(61)59-55(54-66-68(63,64)65-53-52-60(4,5)6)56(49-46-43-40-37-34-27-24-21-18-15-12-9-3)67-58(62)51-48-45-42-39-36-33-31-29-26-23-20-17-14-11-8-2/h10,13,16,19-20,22-23,25-26,29,46,49,55-56H,7-9,11-12,14-15,17-18,21,24,27-28,30-45,47-48,50-54H2,1-6H3,(H-,59,61,63,64)/b13-10+,19-16+,23-20+,25-22+,29-26+,49-46+. The van der Waals surface area contributed by atoms with Crippen LogP contribution in [0.4, 0.5) is 0 Å². The van der Waals surface area contributed by atoms with Crippen molar-refractivity contribution >= 4 is 19.7 Å². The summed E-state index contributed by atoms with van der Waals surface area (Å²) >= 11 is 0. The zero-order valence-corrected chi connectivity index (χ0v) is 45.7. The molecule has 394 valence electrons. The highest BCUT2D eigenvalue weighted by Gasteiger charge is 2.27. The van der Waals surface area contributed by atoms with Crippen molar-refractivity contribution in [3.05, 3.63) is 72.9 Å². The molecule has 0 aliphatic rings. The first-order chi connectivity index (χ1) is 32.9. The molecule has 0 bridgehead atoms. The highest BCUT2D eigenvalue weighted by molar-refractivity contribution is 7.45. The molecule has 0 heterocycles. The predicted molar refractivity (Wildman–Crippen MR) is 288 cm³/mol. The fourth-order valence-corrected chi connectivity index (χ4v) is 8.35. The van der Waals surface area contributed by atoms with Gasteiger partial charge in [0, 0.05) is 12.8 Å². The number of nitrogens with one attached hydrogen (secondary N) is 1. The summed E-state index contributed by atoms with van der Waals surface area (Å²) in [6, 6.07) is -0.900. The van der Waals surface area contributed by atoms with Crippen LogP contribution in [-0.4, -0.2) is 69.4 Å². The third-order valence-corrected chi connectivity index (χ3v) is 12.9. The van der Waals surface area contributed by atoms with Gasteiger partial charge in [-0.05, 0) is 76.7 Å². The number of carbonyl (C=O) groups is 2. The number of esters is 1. The number of ether oxygens (including phenoxy) is 1. The van der Waals surface area contributed by atoms with Crippen LogP contribution in [0, 0.1) is 0 Å². The molecule has 0 spiro atoms. The first-order valence-electron chi connectivity index (χ1n) is 27.8. The van der Waals surface area contributed by atoms with E-state index in [0.717, 1.165) is 96.3 Å². The maximum atomic E-state index is 13.5. The Hall–Kier alpha value is -2.55. The average molecular weight is 973 g/mol. The molecule has 0 aromatic rings. The number of quaternary nitrogens is 1. The predicted octanol–water partition coefficient (Wildman–Crippen LogP) is 15.9. The topological polar surface area (TPSA) is 114 Å². The van der Waals surface area contributed by atoms with Crippen LogP contribution >= 0.6 is 7.82 Å². The number of unbranched alkanes of at least 4 members (excludes halogenated alkanes) is 26. The van der Waals surface area contributed by atoms with E-state index in [9.17, 15) is 19.0 Å². The zero-order chi connectivity index (χ0) is 50.1. The lowest BCUT2D eigenvalue weighted by molar-refractivity contribution is -0.870. The molecule has 3 unspecified atom stereocenters. The summed E-state index contributed by atoms with van der Waals surface area (Å²) < 4.78 is 30.2. The van der Waals surface area contributed by atoms with E-state index in [2.05, 4.69) is 86.8 Å². The van der Waals surface area contributed by atoms with Gasteiger partial charge in [0.1, 0.15) is 19.3 Å². The van der Waals surface area contributed by atoms with Gasteiger partial charge in [-0.3, -0.25) is 14.2 Å². The molecule has 68 heavy (non-hydrogen) atoms. The number of amides is 1. The highest BCUT2D eigenvalue weighted by atomic mass is 31.2. The van der Waals surface area contributed by atoms with Crippen LogP contribution in [0.3, 0.4) is 0 Å². The third-order valence-electron chi connectivity index (χ3n) is 12.0. The molecule has 9 nitrogen and oxygen atoms in total. The summed E-state index contributed by atoms with van der Waals surface area (Å²) in [4.78, 5) is 39.8. The van der Waals surface area contributed by atoms with Gasteiger partial charge in [-0.25, -0.2) is 0 Å². The van der Waals surface area contributed by atoms with E-state index in [0.29, 0.717) is 23.9 Å². The van der Waals surface area contributed by atoms with E-state index in [1.807, 2.05) is 33.3 Å². The maximum absolute atomic E-state index is 13.5. The number of phosphoric acid groups is 1. The maximum Gasteiger partial charge on any atom is 0.306 e. The van der Waals surface area contributed by atoms with Crippen molar-refractivity contribution in [1.29, 1.82) is 0 Å². The minimum Gasteiger partial charge on any atom is -0.756 e. The van der Waals surface area contributed by atoms with Crippen LogP contribution in [0.15, 0.2) is 72.9 Å². The second kappa shape index (κ2) is 48.1. The van der Waals surface area contributed by atoms with E-state index in [1.54, 1.807) is 0 Å². The number of allylic oxidation sites excluding steroid dienone is 11. The molecule has 0 saturated carbocycles. The molecule has 1 N–H and O–H groups in total. The van der Waals surface area contributed by atoms with Gasteiger partial charge < -0.3 is 28.5 Å². The number of carbonyl (C=O) groups excluding carboxylic acids is 2. The number of rotatable bonds is 49. The van der Waals surface area contributed by atoms with Crippen LogP contribution in [0.5, 0.6) is 0 Å². The van der Waals surface area contributed by atoms with Crippen LogP contribution in [-0.2, 0) is 27.9 Å². The molecule has 0 radical (unpaired) electrons. The molecule has 0 fully saturated rings. The van der Waals surface area contributed by atoms with E-state index < -0.39 is 26.6 Å². The Balaban J connectivity index is 5.42. The fraction of sp³-hybridized carbons (Fsp3) is 0.759. The minimum atomic E-state index is -4.70. The van der Waals surface area contributed by atoms with Gasteiger partial charge >= 0.3 is 5.97 Å². The quantitative estimate of drug-likeness (QED) is 0.0161. The van der Waals surface area contributed by atoms with E-state index >= 15 is 0 Å². The minimum absolute atomic E-state index is 0.0295. The normalized spacial score (nSPS) is 14.4. The van der Waals surface area contributed by atoms with Gasteiger partial charge in [0.2, 0.25) is 5.91 Å². The number of likely N-dealkylation sites (N-methyl/N-ethyl adjacent to an activating group) is 1. The van der Waals surface area contributed by atoms with Crippen LogP contribution < -0.4 is 10.2 Å². The van der Waals surface area contributed by atoms with Crippen molar-refractivity contribution in [2.45, 2.75) is 245 Å². The van der Waals surface area contributed by atoms with Crippen LogP contribution in [0.1, 0.15) is 233 Å². The Labute approximate surface area is 419 Å². The third kappa shape index (κ3) is 48.5. The van der Waals surface area contributed by atoms with Crippen molar-refractivity contribution in [3.8, 4) is 0 Å². The molecule has 0 rings (SSSR count). The van der Waals surface area contributed by atoms with Crippen molar-refractivity contribution < 1.29 is 37.3 Å². The number of hydrogen-bond donors (Lipinski definition) is 1. The zero-order valence-electron chi connectivity index (χ0n) is 44.8. The second-order valence-electron chi connectivity index (χ2n) is 19.8. The van der Waals surface area contributed by atoms with Gasteiger partial charge in [0.15, 0.2) is 0 Å². The Bertz CT molecular complexity index is 1400. The van der Waals surface area contributed by atoms with Gasteiger partial charge in [0.05, 0.1) is 33.8 Å². The van der Waals surface area contributed by atoms with Crippen molar-refractivity contribution in [2.75, 3.05) is 40.9 Å². The van der Waals surface area contributed by atoms with Crippen LogP contribution in [0.2, 0.25) is 0 Å². The summed E-state index contributed by atoms with van der Waals surface area (Å²) in [7, 11) is 1.16. The van der Waals surface area contributed by atoms with Crippen molar-refractivity contribution in [2.24, 2.45) is 0 Å². The molecular formula is C58H105N2O7P. The Morgan fingerprint density at radius 1 is 0.529 bits per heavy atom. The lowest BCUT2D eigenvalue weighted by Gasteiger charge is -2.30. The summed E-state index contributed by atoms with van der Waals surface area (Å²) in [5, 5.41) is 3.01. The van der Waals surface area contributed by atoms with Crippen molar-refractivity contribution in [3.63, 3.8) is 0 Å². The average Bonchev–Trinajstić information content (AvgIpc) is 3.29. The Kier molecular flexibility index (Phi) is 46.3. The van der Waals surface area contributed by atoms with Crippen molar-refractivity contribution in [1.82, 2.24) is 5.32 Å². The van der Waals surface area contributed by atoms with Crippen LogP contribution in [0.25, 0.3) is 0 Å². The van der Waals surface area contributed by atoms with E-state index in [1.165, 1.54) is 96.3 Å². The summed E-state index contributed by atoms with van der Waals surface area (Å²) in [6.07, 6.45) is 60.0. The monoisotopic (exact) mass is 973 g/mol. The molecular weight excluding hydrogens is 868 g/mol. The lowest BCUT2D eigenvalue weighted by atomic mass is 10.0. The van der Waals surface area contributed by atoms with Gasteiger partial charge in [0.25, 0.3) is 7.82 Å². The molecule has 0 aliphatic heterocycles.